The van der Waals surface area contributed by atoms with E-state index in [1.807, 2.05) is 44.3 Å². The zero-order valence-corrected chi connectivity index (χ0v) is 16.6. The fourth-order valence-corrected chi connectivity index (χ4v) is 3.06. The number of aromatic amines is 1. The van der Waals surface area contributed by atoms with Crippen LogP contribution in [0.25, 0.3) is 22.7 Å². The van der Waals surface area contributed by atoms with E-state index < -0.39 is 0 Å². The van der Waals surface area contributed by atoms with Crippen LogP contribution in [0.1, 0.15) is 11.1 Å². The highest BCUT2D eigenvalue weighted by Gasteiger charge is 2.15. The van der Waals surface area contributed by atoms with Crippen LogP contribution < -0.4 is 4.90 Å². The van der Waals surface area contributed by atoms with Crippen LogP contribution in [-0.2, 0) is 0 Å². The highest BCUT2D eigenvalue weighted by Crippen LogP contribution is 2.28. The van der Waals surface area contributed by atoms with Gasteiger partial charge in [-0.05, 0) is 52.7 Å². The van der Waals surface area contributed by atoms with E-state index in [1.54, 1.807) is 17.2 Å². The Morgan fingerprint density at radius 2 is 2.07 bits per heavy atom. The van der Waals surface area contributed by atoms with Crippen LogP contribution in [0.2, 0.25) is 0 Å². The minimum Gasteiger partial charge on any atom is -0.448 e. The smallest absolute Gasteiger partial charge is 0.251 e. The van der Waals surface area contributed by atoms with Gasteiger partial charge in [-0.1, -0.05) is 6.07 Å². The Hall–Kier alpha value is -3.51. The lowest BCUT2D eigenvalue weighted by Crippen LogP contribution is -2.14. The maximum Gasteiger partial charge on any atom is 0.251 e. The van der Waals surface area contributed by atoms with Crippen LogP contribution in [-0.4, -0.2) is 32.4 Å². The summed E-state index contributed by atoms with van der Waals surface area (Å²) in [6.07, 6.45) is 1.60. The lowest BCUT2D eigenvalue weighted by Gasteiger charge is -2.14. The van der Waals surface area contributed by atoms with E-state index in [4.69, 9.17) is 9.68 Å². The van der Waals surface area contributed by atoms with Crippen LogP contribution in [0.4, 0.5) is 11.8 Å². The number of halogens is 1. The van der Waals surface area contributed by atoms with Crippen LogP contribution >= 0.6 is 15.9 Å². The molecule has 0 aliphatic rings. The Balaban J connectivity index is 1.64. The molecular weight excluding hydrogens is 422 g/mol. The zero-order valence-electron chi connectivity index (χ0n) is 15.0. The molecule has 0 fully saturated rings. The topological polar surface area (TPSA) is 108 Å². The molecule has 0 saturated heterocycles. The number of aromatic nitrogens is 5. The molecule has 8 nitrogen and oxygen atoms in total. The number of rotatable bonds is 4. The highest BCUT2D eigenvalue weighted by atomic mass is 79.9. The number of benzene rings is 1. The standard InChI is InChI=1S/C19H14BrN7O/c1-11-7-12(9-21)3-4-13(11)15-10-22-26-19(23-15)27(2)18-8-14(24-25-18)16-5-6-17(20)28-16/h3-8,10H,1-2H3,(H,24,25). The van der Waals surface area contributed by atoms with Crippen molar-refractivity contribution in [1.29, 1.82) is 5.26 Å². The molecule has 28 heavy (non-hydrogen) atoms. The average Bonchev–Trinajstić information content (AvgIpc) is 3.36. The van der Waals surface area contributed by atoms with Crippen molar-refractivity contribution in [1.82, 2.24) is 25.4 Å². The van der Waals surface area contributed by atoms with Gasteiger partial charge in [-0.25, -0.2) is 4.98 Å². The van der Waals surface area contributed by atoms with Gasteiger partial charge in [0.2, 0.25) is 0 Å². The van der Waals surface area contributed by atoms with Crippen molar-refractivity contribution >= 4 is 27.7 Å². The summed E-state index contributed by atoms with van der Waals surface area (Å²) in [4.78, 5) is 6.34. The highest BCUT2D eigenvalue weighted by molar-refractivity contribution is 9.10. The van der Waals surface area contributed by atoms with Crippen LogP contribution in [0.3, 0.4) is 0 Å². The first kappa shape index (κ1) is 17.9. The normalized spacial score (nSPS) is 10.6. The Morgan fingerprint density at radius 1 is 1.21 bits per heavy atom. The molecule has 0 aliphatic carbocycles. The first-order valence-corrected chi connectivity index (χ1v) is 9.10. The summed E-state index contributed by atoms with van der Waals surface area (Å²) >= 11 is 3.29. The number of hydrogen-bond donors (Lipinski definition) is 1. The molecule has 0 radical (unpaired) electrons. The second kappa shape index (κ2) is 7.25. The van der Waals surface area contributed by atoms with Crippen molar-refractivity contribution in [3.8, 4) is 28.8 Å². The van der Waals surface area contributed by atoms with E-state index in [9.17, 15) is 0 Å². The predicted octanol–water partition coefficient (Wildman–Crippen LogP) is 4.23. The van der Waals surface area contributed by atoms with Crippen molar-refractivity contribution in [2.75, 3.05) is 11.9 Å². The number of nitrogens with zero attached hydrogens (tertiary/aromatic N) is 6. The molecule has 0 unspecified atom stereocenters. The van der Waals surface area contributed by atoms with Gasteiger partial charge in [0.15, 0.2) is 16.2 Å². The van der Waals surface area contributed by atoms with Gasteiger partial charge in [0.1, 0.15) is 5.69 Å². The van der Waals surface area contributed by atoms with Crippen LogP contribution in [0.15, 0.2) is 51.7 Å². The fourth-order valence-electron chi connectivity index (χ4n) is 2.76. The number of nitriles is 1. The molecule has 9 heteroatoms. The third kappa shape index (κ3) is 3.37. The Labute approximate surface area is 169 Å². The summed E-state index contributed by atoms with van der Waals surface area (Å²) < 4.78 is 6.18. The Kier molecular flexibility index (Phi) is 4.63. The number of furan rings is 1. The molecule has 3 heterocycles. The second-order valence-corrected chi connectivity index (χ2v) is 6.87. The molecular formula is C19H14BrN7O. The van der Waals surface area contributed by atoms with E-state index in [0.29, 0.717) is 33.5 Å². The van der Waals surface area contributed by atoms with E-state index in [2.05, 4.69) is 47.4 Å². The maximum atomic E-state index is 9.04. The van der Waals surface area contributed by atoms with Crippen molar-refractivity contribution in [3.05, 3.63) is 58.4 Å². The quantitative estimate of drug-likeness (QED) is 0.510. The van der Waals surface area contributed by atoms with Gasteiger partial charge in [-0.2, -0.15) is 15.5 Å². The van der Waals surface area contributed by atoms with Crippen molar-refractivity contribution < 1.29 is 4.42 Å². The molecule has 1 N–H and O–H groups in total. The molecule has 0 saturated carbocycles. The van der Waals surface area contributed by atoms with Crippen molar-refractivity contribution in [2.45, 2.75) is 6.92 Å². The summed E-state index contributed by atoms with van der Waals surface area (Å²) in [5.41, 5.74) is 3.85. The number of hydrogen-bond acceptors (Lipinski definition) is 7. The molecule has 4 aromatic rings. The second-order valence-electron chi connectivity index (χ2n) is 6.09. The largest absolute Gasteiger partial charge is 0.448 e. The van der Waals surface area contributed by atoms with Crippen LogP contribution in [0, 0.1) is 18.3 Å². The number of H-pyrrole nitrogens is 1. The van der Waals surface area contributed by atoms with Gasteiger partial charge in [0.05, 0.1) is 23.5 Å². The van der Waals surface area contributed by atoms with Gasteiger partial charge in [0.25, 0.3) is 5.95 Å². The van der Waals surface area contributed by atoms with Gasteiger partial charge in [0, 0.05) is 18.7 Å². The molecule has 1 aromatic carbocycles. The minimum atomic E-state index is 0.403. The molecule has 0 aliphatic heterocycles. The van der Waals surface area contributed by atoms with Gasteiger partial charge in [-0.15, -0.1) is 5.10 Å². The maximum absolute atomic E-state index is 9.04. The third-order valence-electron chi connectivity index (χ3n) is 4.23. The monoisotopic (exact) mass is 435 g/mol. The summed E-state index contributed by atoms with van der Waals surface area (Å²) in [6.45, 7) is 1.93. The van der Waals surface area contributed by atoms with Crippen molar-refractivity contribution in [3.63, 3.8) is 0 Å². The Morgan fingerprint density at radius 3 is 2.79 bits per heavy atom. The fraction of sp³-hybridized carbons (Fsp3) is 0.105. The zero-order chi connectivity index (χ0) is 19.7. The van der Waals surface area contributed by atoms with Crippen molar-refractivity contribution in [2.24, 2.45) is 0 Å². The van der Waals surface area contributed by atoms with Gasteiger partial charge >= 0.3 is 0 Å². The van der Waals surface area contributed by atoms with E-state index >= 15 is 0 Å². The first-order valence-electron chi connectivity index (χ1n) is 8.31. The molecule has 0 spiro atoms. The first-order chi connectivity index (χ1) is 13.5. The summed E-state index contributed by atoms with van der Waals surface area (Å²) in [6, 6.07) is 13.1. The molecule has 3 aromatic heterocycles. The molecule has 0 atom stereocenters. The van der Waals surface area contributed by atoms with E-state index in [0.717, 1.165) is 16.8 Å². The van der Waals surface area contributed by atoms with Crippen LogP contribution in [0.5, 0.6) is 0 Å². The summed E-state index contributed by atoms with van der Waals surface area (Å²) in [7, 11) is 1.81. The molecule has 0 bridgehead atoms. The average molecular weight is 436 g/mol. The lowest BCUT2D eigenvalue weighted by molar-refractivity contribution is 0.553. The van der Waals surface area contributed by atoms with E-state index in [1.165, 1.54) is 0 Å². The van der Waals surface area contributed by atoms with Gasteiger partial charge in [-0.3, -0.25) is 10.00 Å². The summed E-state index contributed by atoms with van der Waals surface area (Å²) in [5.74, 6) is 1.69. The number of nitrogens with one attached hydrogen (secondary N) is 1. The predicted molar refractivity (Wildman–Crippen MR) is 107 cm³/mol. The SMILES string of the molecule is Cc1cc(C#N)ccc1-c1cnnc(N(C)c2cc(-c3ccc(Br)o3)[nH]n2)n1. The van der Waals surface area contributed by atoms with E-state index in [-0.39, 0.29) is 0 Å². The molecule has 4 rings (SSSR count). The minimum absolute atomic E-state index is 0.403. The lowest BCUT2D eigenvalue weighted by atomic mass is 10.0. The van der Waals surface area contributed by atoms with Gasteiger partial charge < -0.3 is 4.42 Å². The molecule has 0 amide bonds. The number of aryl methyl sites for hydroxylation is 1. The number of anilines is 2. The Bertz CT molecular complexity index is 1190. The molecule has 138 valence electrons. The summed E-state index contributed by atoms with van der Waals surface area (Å²) in [5, 5.41) is 24.5. The third-order valence-corrected chi connectivity index (χ3v) is 4.65.